The molecule has 0 fully saturated rings. The van der Waals surface area contributed by atoms with E-state index in [1.807, 2.05) is 42.5 Å². The molecule has 3 rings (SSSR count). The predicted molar refractivity (Wildman–Crippen MR) is 114 cm³/mol. The van der Waals surface area contributed by atoms with E-state index in [1.54, 1.807) is 36.4 Å². The minimum absolute atomic E-state index is 0.411. The molecule has 0 aromatic heterocycles. The summed E-state index contributed by atoms with van der Waals surface area (Å²) in [7, 11) is 0. The number of carbonyl (C=O) groups excluding carboxylic acids is 1. The first-order valence-electron chi connectivity index (χ1n) is 9.59. The quantitative estimate of drug-likeness (QED) is 0.382. The average molecular weight is 391 g/mol. The zero-order valence-corrected chi connectivity index (χ0v) is 16.6. The summed E-state index contributed by atoms with van der Waals surface area (Å²) in [6.45, 7) is 5.59. The highest BCUT2D eigenvalue weighted by Gasteiger charge is 2.08. The maximum atomic E-state index is 11.9. The number of carbonyl (C=O) groups is 1. The molecule has 0 atom stereocenters. The molecule has 150 valence electrons. The van der Waals surface area contributed by atoms with Crippen molar-refractivity contribution in [3.63, 3.8) is 0 Å². The molecular formula is C24H25NO4. The normalized spacial score (nSPS) is 10.4. The number of para-hydroxylation sites is 1. The molecule has 0 unspecified atom stereocenters. The Labute approximate surface area is 171 Å². The van der Waals surface area contributed by atoms with Crippen molar-refractivity contribution in [2.24, 2.45) is 5.92 Å². The molecule has 0 bridgehead atoms. The summed E-state index contributed by atoms with van der Waals surface area (Å²) < 4.78 is 16.1. The Morgan fingerprint density at radius 3 is 2.24 bits per heavy atom. The van der Waals surface area contributed by atoms with Gasteiger partial charge in [-0.25, -0.2) is 4.79 Å². The molecule has 5 heteroatoms. The fraction of sp³-hybridized carbons (Fsp3) is 0.208. The van der Waals surface area contributed by atoms with Gasteiger partial charge in [-0.1, -0.05) is 50.2 Å². The van der Waals surface area contributed by atoms with Crippen molar-refractivity contribution in [3.05, 3.63) is 84.4 Å². The Morgan fingerprint density at radius 1 is 0.828 bits per heavy atom. The van der Waals surface area contributed by atoms with Crippen LogP contribution in [0.4, 0.5) is 10.5 Å². The van der Waals surface area contributed by atoms with Crippen LogP contribution in [-0.4, -0.2) is 12.8 Å². The van der Waals surface area contributed by atoms with Crippen molar-refractivity contribution in [1.82, 2.24) is 0 Å². The predicted octanol–water partition coefficient (Wildman–Crippen LogP) is 5.91. The second-order valence-corrected chi connectivity index (χ2v) is 7.00. The van der Waals surface area contributed by atoms with Gasteiger partial charge in [-0.05, 0) is 47.9 Å². The third-order valence-electron chi connectivity index (χ3n) is 3.98. The monoisotopic (exact) mass is 391 g/mol. The van der Waals surface area contributed by atoms with E-state index in [1.165, 1.54) is 0 Å². The van der Waals surface area contributed by atoms with E-state index in [0.717, 1.165) is 17.0 Å². The van der Waals surface area contributed by atoms with Crippen LogP contribution in [0.1, 0.15) is 19.4 Å². The summed E-state index contributed by atoms with van der Waals surface area (Å²) in [6.07, 6.45) is -0.773. The molecule has 0 spiro atoms. The molecule has 0 radical (unpaired) electrons. The van der Waals surface area contributed by atoms with Gasteiger partial charge in [-0.2, -0.15) is 0 Å². The molecular weight excluding hydrogens is 366 g/mol. The molecule has 5 nitrogen and oxygen atoms in total. The van der Waals surface area contributed by atoms with E-state index in [2.05, 4.69) is 19.2 Å². The summed E-state index contributed by atoms with van der Waals surface area (Å²) in [5.41, 5.74) is 1.96. The number of anilines is 1. The van der Waals surface area contributed by atoms with Crippen LogP contribution in [0.15, 0.2) is 78.9 Å². The van der Waals surface area contributed by atoms with Gasteiger partial charge in [0.05, 0.1) is 6.61 Å². The number of rotatable bonds is 8. The molecule has 0 aliphatic heterocycles. The Morgan fingerprint density at radius 2 is 1.52 bits per heavy atom. The maximum absolute atomic E-state index is 11.9. The van der Waals surface area contributed by atoms with Gasteiger partial charge in [0.2, 0.25) is 0 Å². The average Bonchev–Trinajstić information content (AvgIpc) is 2.72. The number of ether oxygens (including phenoxy) is 3. The zero-order valence-electron chi connectivity index (χ0n) is 16.6. The van der Waals surface area contributed by atoms with Crippen LogP contribution >= 0.6 is 0 Å². The number of nitrogens with one attached hydrogen (secondary N) is 1. The maximum Gasteiger partial charge on any atom is 0.519 e. The van der Waals surface area contributed by atoms with Crippen LogP contribution in [-0.2, 0) is 6.54 Å². The lowest BCUT2D eigenvalue weighted by Crippen LogP contribution is -2.13. The Balaban J connectivity index is 1.51. The highest BCUT2D eigenvalue weighted by atomic mass is 16.7. The van der Waals surface area contributed by atoms with Crippen LogP contribution in [0.3, 0.4) is 0 Å². The molecule has 0 aliphatic rings. The lowest BCUT2D eigenvalue weighted by Gasteiger charge is -2.11. The van der Waals surface area contributed by atoms with Gasteiger partial charge in [0.15, 0.2) is 0 Å². The Bertz CT molecular complexity index is 908. The molecule has 3 aromatic carbocycles. The van der Waals surface area contributed by atoms with E-state index >= 15 is 0 Å². The van der Waals surface area contributed by atoms with Crippen molar-refractivity contribution >= 4 is 11.8 Å². The van der Waals surface area contributed by atoms with E-state index in [9.17, 15) is 4.79 Å². The van der Waals surface area contributed by atoms with E-state index in [0.29, 0.717) is 30.6 Å². The van der Waals surface area contributed by atoms with Gasteiger partial charge in [0, 0.05) is 18.3 Å². The number of hydrogen-bond donors (Lipinski definition) is 1. The number of hydrogen-bond acceptors (Lipinski definition) is 5. The van der Waals surface area contributed by atoms with E-state index < -0.39 is 6.16 Å². The fourth-order valence-corrected chi connectivity index (χ4v) is 2.54. The lowest BCUT2D eigenvalue weighted by atomic mass is 10.2. The first-order chi connectivity index (χ1) is 14.1. The van der Waals surface area contributed by atoms with Crippen LogP contribution < -0.4 is 19.5 Å². The van der Waals surface area contributed by atoms with Crippen molar-refractivity contribution < 1.29 is 19.0 Å². The van der Waals surface area contributed by atoms with Gasteiger partial charge < -0.3 is 19.5 Å². The van der Waals surface area contributed by atoms with Gasteiger partial charge >= 0.3 is 6.16 Å². The highest BCUT2D eigenvalue weighted by Crippen LogP contribution is 2.20. The third kappa shape index (κ3) is 6.88. The molecule has 0 saturated heterocycles. The van der Waals surface area contributed by atoms with Crippen molar-refractivity contribution in [2.75, 3.05) is 11.9 Å². The van der Waals surface area contributed by atoms with Crippen molar-refractivity contribution in [1.29, 1.82) is 0 Å². The second-order valence-electron chi connectivity index (χ2n) is 7.00. The molecule has 0 aliphatic carbocycles. The minimum Gasteiger partial charge on any atom is -0.493 e. The minimum atomic E-state index is -0.773. The van der Waals surface area contributed by atoms with Crippen molar-refractivity contribution in [2.45, 2.75) is 20.4 Å². The first-order valence-corrected chi connectivity index (χ1v) is 9.59. The molecule has 3 aromatic rings. The lowest BCUT2D eigenvalue weighted by molar-refractivity contribution is 0.152. The topological polar surface area (TPSA) is 56.8 Å². The van der Waals surface area contributed by atoms with Gasteiger partial charge in [0.25, 0.3) is 0 Å². The summed E-state index contributed by atoms with van der Waals surface area (Å²) in [6, 6.07) is 24.0. The molecule has 0 saturated carbocycles. The molecule has 0 heterocycles. The second kappa shape index (κ2) is 10.2. The van der Waals surface area contributed by atoms with Crippen molar-refractivity contribution in [3.8, 4) is 17.2 Å². The standard InChI is InChI=1S/C24H25NO4/c1-18(2)17-27-21-13-11-19(12-14-21)16-25-20-7-6-10-23(15-20)29-24(26)28-22-8-4-3-5-9-22/h3-15,18,25H,16-17H2,1-2H3. The third-order valence-corrected chi connectivity index (χ3v) is 3.98. The van der Waals surface area contributed by atoms with Crippen LogP contribution in [0.2, 0.25) is 0 Å². The van der Waals surface area contributed by atoms with Gasteiger partial charge in [-0.3, -0.25) is 0 Å². The van der Waals surface area contributed by atoms with Crippen LogP contribution in [0.25, 0.3) is 0 Å². The molecule has 29 heavy (non-hydrogen) atoms. The zero-order chi connectivity index (χ0) is 20.5. The van der Waals surface area contributed by atoms with Gasteiger partial charge in [-0.15, -0.1) is 0 Å². The Kier molecular flexibility index (Phi) is 7.11. The summed E-state index contributed by atoms with van der Waals surface area (Å²) in [5, 5.41) is 3.32. The molecule has 1 N–H and O–H groups in total. The SMILES string of the molecule is CC(C)COc1ccc(CNc2cccc(OC(=O)Oc3ccccc3)c2)cc1. The van der Waals surface area contributed by atoms with E-state index in [-0.39, 0.29) is 0 Å². The Hall–Kier alpha value is -3.47. The van der Waals surface area contributed by atoms with Crippen LogP contribution in [0.5, 0.6) is 17.2 Å². The first kappa shape index (κ1) is 20.3. The largest absolute Gasteiger partial charge is 0.519 e. The summed E-state index contributed by atoms with van der Waals surface area (Å²) in [4.78, 5) is 11.9. The van der Waals surface area contributed by atoms with Gasteiger partial charge in [0.1, 0.15) is 17.2 Å². The van der Waals surface area contributed by atoms with Crippen LogP contribution in [0, 0.1) is 5.92 Å². The summed E-state index contributed by atoms with van der Waals surface area (Å²) >= 11 is 0. The highest BCUT2D eigenvalue weighted by molar-refractivity contribution is 5.67. The number of benzene rings is 3. The summed E-state index contributed by atoms with van der Waals surface area (Å²) in [5.74, 6) is 2.21. The molecule has 0 amide bonds. The fourth-order valence-electron chi connectivity index (χ4n) is 2.54. The van der Waals surface area contributed by atoms with E-state index in [4.69, 9.17) is 14.2 Å². The smallest absolute Gasteiger partial charge is 0.493 e.